The molecule has 1 aromatic carbocycles. The van der Waals surface area contributed by atoms with Gasteiger partial charge in [-0.1, -0.05) is 44.2 Å². The van der Waals surface area contributed by atoms with E-state index in [1.54, 1.807) is 12.1 Å². The molecule has 8 nitrogen and oxygen atoms in total. The third kappa shape index (κ3) is 7.30. The number of rotatable bonds is 13. The first kappa shape index (κ1) is 24.2. The van der Waals surface area contributed by atoms with Crippen molar-refractivity contribution in [2.45, 2.75) is 61.9 Å². The van der Waals surface area contributed by atoms with Crippen molar-refractivity contribution in [1.82, 2.24) is 5.32 Å². The van der Waals surface area contributed by atoms with E-state index in [4.69, 9.17) is 5.73 Å². The Morgan fingerprint density at radius 3 is 2.47 bits per heavy atom. The number of carboxylic acid groups (broad SMARTS) is 2. The number of unbranched alkanes of at least 4 members (excludes halogenated alkanes) is 5. The van der Waals surface area contributed by atoms with Gasteiger partial charge in [0, 0.05) is 10.6 Å². The van der Waals surface area contributed by atoms with E-state index in [2.05, 4.69) is 5.32 Å². The fraction of sp³-hybridized carbons (Fsp3) is 0.571. The van der Waals surface area contributed by atoms with Crippen LogP contribution >= 0.6 is 11.8 Å². The number of aliphatic carboxylic acids is 2. The van der Waals surface area contributed by atoms with Crippen molar-refractivity contribution in [3.63, 3.8) is 0 Å². The average molecular weight is 438 g/mol. The van der Waals surface area contributed by atoms with Gasteiger partial charge in [-0.05, 0) is 31.5 Å². The molecule has 0 fully saturated rings. The fourth-order valence-corrected chi connectivity index (χ4v) is 4.58. The van der Waals surface area contributed by atoms with E-state index < -0.39 is 36.5 Å². The summed E-state index contributed by atoms with van der Waals surface area (Å²) in [5.41, 5.74) is 6.02. The van der Waals surface area contributed by atoms with Crippen LogP contribution in [0.1, 0.15) is 44.9 Å². The number of carboxylic acids is 2. The van der Waals surface area contributed by atoms with Crippen molar-refractivity contribution in [3.05, 3.63) is 24.3 Å². The quantitative estimate of drug-likeness (QED) is 0.346. The Morgan fingerprint density at radius 2 is 1.80 bits per heavy atom. The van der Waals surface area contributed by atoms with Gasteiger partial charge >= 0.3 is 11.9 Å². The molecule has 5 N–H and O–H groups in total. The molecule has 1 amide bonds. The van der Waals surface area contributed by atoms with Crippen LogP contribution in [-0.2, 0) is 14.4 Å². The van der Waals surface area contributed by atoms with Crippen LogP contribution in [0.2, 0.25) is 0 Å². The minimum absolute atomic E-state index is 0.342. The smallest absolute Gasteiger partial charge is 0.323 e. The number of hydrogen-bond donors (Lipinski definition) is 4. The van der Waals surface area contributed by atoms with Crippen LogP contribution in [0, 0.1) is 0 Å². The molecule has 0 spiro atoms. The number of nitrogens with one attached hydrogen (secondary N) is 1. The molecule has 1 heterocycles. The largest absolute Gasteiger partial charge is 0.480 e. The Labute approximate surface area is 181 Å². The average Bonchev–Trinajstić information content (AvgIpc) is 2.84. The number of thioether (sulfide) groups is 1. The zero-order valence-corrected chi connectivity index (χ0v) is 17.9. The standard InChI is InChI=1S/C21H31N3O5S/c22-12-8-4-2-1-3-5-9-15(21(28)29)23-16-14-30-18-11-7-6-10-17(18)24(20(16)27)13-19(25)26/h6-7,10-11,15-16,23H,1-5,8-9,12-14,22H2,(H,25,26)(H,28,29)/t15-,16-/m0/s1. The van der Waals surface area contributed by atoms with Crippen molar-refractivity contribution >= 4 is 35.3 Å². The number of para-hydroxylation sites is 1. The summed E-state index contributed by atoms with van der Waals surface area (Å²) >= 11 is 1.42. The highest BCUT2D eigenvalue weighted by Crippen LogP contribution is 2.34. The zero-order valence-electron chi connectivity index (χ0n) is 17.1. The van der Waals surface area contributed by atoms with E-state index in [1.807, 2.05) is 12.1 Å². The lowest BCUT2D eigenvalue weighted by atomic mass is 10.0. The van der Waals surface area contributed by atoms with Gasteiger partial charge < -0.3 is 15.9 Å². The third-order valence-electron chi connectivity index (χ3n) is 5.07. The molecule has 2 rings (SSSR count). The molecule has 30 heavy (non-hydrogen) atoms. The number of carbonyl (C=O) groups is 3. The summed E-state index contributed by atoms with van der Waals surface area (Å²) in [4.78, 5) is 38.2. The van der Waals surface area contributed by atoms with Gasteiger partial charge in [0.2, 0.25) is 5.91 Å². The van der Waals surface area contributed by atoms with E-state index in [9.17, 15) is 24.6 Å². The number of nitrogens with two attached hydrogens (primary N) is 1. The van der Waals surface area contributed by atoms with Gasteiger partial charge in [0.05, 0.1) is 11.7 Å². The van der Waals surface area contributed by atoms with Crippen LogP contribution in [-0.4, -0.2) is 59.0 Å². The summed E-state index contributed by atoms with van der Waals surface area (Å²) in [6.45, 7) is 0.232. The number of benzene rings is 1. The summed E-state index contributed by atoms with van der Waals surface area (Å²) in [5, 5.41) is 21.8. The van der Waals surface area contributed by atoms with E-state index in [1.165, 1.54) is 16.7 Å². The van der Waals surface area contributed by atoms with E-state index in [0.717, 1.165) is 43.4 Å². The van der Waals surface area contributed by atoms with Crippen LogP contribution in [0.25, 0.3) is 0 Å². The predicted molar refractivity (Wildman–Crippen MR) is 117 cm³/mol. The topological polar surface area (TPSA) is 133 Å². The second-order valence-electron chi connectivity index (χ2n) is 7.41. The first-order valence-electron chi connectivity index (χ1n) is 10.4. The normalized spacial score (nSPS) is 17.3. The van der Waals surface area contributed by atoms with E-state index >= 15 is 0 Å². The fourth-order valence-electron chi connectivity index (χ4n) is 3.49. The summed E-state index contributed by atoms with van der Waals surface area (Å²) in [5.74, 6) is -2.19. The van der Waals surface area contributed by atoms with Gasteiger partial charge in [0.1, 0.15) is 12.6 Å². The van der Waals surface area contributed by atoms with Crippen molar-refractivity contribution in [1.29, 1.82) is 0 Å². The molecule has 1 aromatic rings. The van der Waals surface area contributed by atoms with Crippen molar-refractivity contribution < 1.29 is 24.6 Å². The lowest BCUT2D eigenvalue weighted by Crippen LogP contribution is -2.53. The first-order chi connectivity index (χ1) is 14.4. The monoisotopic (exact) mass is 437 g/mol. The highest BCUT2D eigenvalue weighted by atomic mass is 32.2. The lowest BCUT2D eigenvalue weighted by Gasteiger charge is -2.26. The van der Waals surface area contributed by atoms with Crippen LogP contribution in [0.4, 0.5) is 5.69 Å². The highest BCUT2D eigenvalue weighted by molar-refractivity contribution is 7.99. The summed E-state index contributed by atoms with van der Waals surface area (Å²) in [7, 11) is 0. The van der Waals surface area contributed by atoms with Crippen molar-refractivity contribution in [2.75, 3.05) is 23.7 Å². The second-order valence-corrected chi connectivity index (χ2v) is 8.47. The number of carbonyl (C=O) groups excluding carboxylic acids is 1. The number of nitrogens with zero attached hydrogens (tertiary/aromatic N) is 1. The Morgan fingerprint density at radius 1 is 1.13 bits per heavy atom. The minimum Gasteiger partial charge on any atom is -0.480 e. The molecule has 1 aliphatic rings. The van der Waals surface area contributed by atoms with Crippen LogP contribution < -0.4 is 16.0 Å². The maximum atomic E-state index is 13.1. The van der Waals surface area contributed by atoms with E-state index in [0.29, 0.717) is 24.4 Å². The maximum absolute atomic E-state index is 13.1. The Hall–Kier alpha value is -2.10. The molecule has 2 atom stereocenters. The first-order valence-corrected chi connectivity index (χ1v) is 11.4. The summed E-state index contributed by atoms with van der Waals surface area (Å²) in [6.07, 6.45) is 6.32. The number of amides is 1. The number of hydrogen-bond acceptors (Lipinski definition) is 6. The molecule has 9 heteroatoms. The molecular weight excluding hydrogens is 406 g/mol. The molecule has 0 aliphatic carbocycles. The summed E-state index contributed by atoms with van der Waals surface area (Å²) < 4.78 is 0. The molecule has 0 saturated carbocycles. The molecule has 166 valence electrons. The second kappa shape index (κ2) is 12.6. The molecule has 0 unspecified atom stereocenters. The molecule has 0 saturated heterocycles. The predicted octanol–water partition coefficient (Wildman–Crippen LogP) is 2.31. The minimum atomic E-state index is -1.12. The SMILES string of the molecule is NCCCCCCCC[C@H](N[C@H]1CSc2ccccc2N(CC(=O)O)C1=O)C(=O)O. The van der Waals surface area contributed by atoms with Crippen LogP contribution in [0.5, 0.6) is 0 Å². The van der Waals surface area contributed by atoms with Gasteiger partial charge in [-0.15, -0.1) is 11.8 Å². The lowest BCUT2D eigenvalue weighted by molar-refractivity contribution is -0.140. The van der Waals surface area contributed by atoms with Crippen molar-refractivity contribution in [3.8, 4) is 0 Å². The molecule has 0 radical (unpaired) electrons. The number of anilines is 1. The highest BCUT2D eigenvalue weighted by Gasteiger charge is 2.34. The third-order valence-corrected chi connectivity index (χ3v) is 6.22. The Bertz CT molecular complexity index is 730. The number of fused-ring (bicyclic) bond motifs is 1. The van der Waals surface area contributed by atoms with Gasteiger partial charge in [0.15, 0.2) is 0 Å². The Balaban J connectivity index is 1.99. The van der Waals surface area contributed by atoms with Crippen LogP contribution in [0.3, 0.4) is 0 Å². The molecular formula is C21H31N3O5S. The van der Waals surface area contributed by atoms with Gasteiger partial charge in [-0.2, -0.15) is 0 Å². The molecule has 1 aliphatic heterocycles. The van der Waals surface area contributed by atoms with Gasteiger partial charge in [-0.25, -0.2) is 0 Å². The summed E-state index contributed by atoms with van der Waals surface area (Å²) in [6, 6.07) is 5.51. The molecule has 0 bridgehead atoms. The molecule has 0 aromatic heterocycles. The zero-order chi connectivity index (χ0) is 21.9. The van der Waals surface area contributed by atoms with Gasteiger partial charge in [0.25, 0.3) is 0 Å². The van der Waals surface area contributed by atoms with E-state index in [-0.39, 0.29) is 0 Å². The van der Waals surface area contributed by atoms with Gasteiger partial charge in [-0.3, -0.25) is 24.6 Å². The van der Waals surface area contributed by atoms with Crippen LogP contribution in [0.15, 0.2) is 29.2 Å². The maximum Gasteiger partial charge on any atom is 0.323 e. The van der Waals surface area contributed by atoms with Crippen molar-refractivity contribution in [2.24, 2.45) is 5.73 Å². The Kier molecular flexibility index (Phi) is 10.1.